The second-order valence-corrected chi connectivity index (χ2v) is 4.86. The van der Waals surface area contributed by atoms with Crippen LogP contribution in [0.1, 0.15) is 34.1 Å². The zero-order chi connectivity index (χ0) is 11.4. The average Bonchev–Trinajstić information content (AvgIpc) is 1.99. The van der Waals surface area contributed by atoms with Gasteiger partial charge in [-0.1, -0.05) is 20.8 Å². The normalized spacial score (nSPS) is 12.9. The maximum Gasteiger partial charge on any atom is 0.251 e. The lowest BCUT2D eigenvalue weighted by Gasteiger charge is -2.16. The third kappa shape index (κ3) is 6.63. The van der Waals surface area contributed by atoms with Crippen molar-refractivity contribution in [2.75, 3.05) is 14.1 Å². The number of amidine groups is 1. The molecule has 0 saturated heterocycles. The largest absolute Gasteiger partial charge is 0.366 e. The maximum absolute atomic E-state index is 11.3. The van der Waals surface area contributed by atoms with E-state index in [1.165, 1.54) is 0 Å². The molecule has 0 heterocycles. The standard InChI is InChI=1S/C11H21N2O/c1-9(13(5)6)12-10(14)7-8-11(2,3)4/h7H,8H2,1-6H3. The molecule has 0 aromatic heterocycles. The number of carbonyl (C=O) groups is 1. The van der Waals surface area contributed by atoms with Crippen LogP contribution in [0.2, 0.25) is 0 Å². The molecule has 3 heteroatoms. The molecule has 3 nitrogen and oxygen atoms in total. The van der Waals surface area contributed by atoms with Crippen molar-refractivity contribution in [2.24, 2.45) is 10.4 Å². The van der Waals surface area contributed by atoms with Gasteiger partial charge in [0.1, 0.15) is 5.84 Å². The van der Waals surface area contributed by atoms with E-state index >= 15 is 0 Å². The van der Waals surface area contributed by atoms with Crippen LogP contribution in [0.25, 0.3) is 0 Å². The van der Waals surface area contributed by atoms with Crippen molar-refractivity contribution in [2.45, 2.75) is 34.1 Å². The summed E-state index contributed by atoms with van der Waals surface area (Å²) >= 11 is 0. The van der Waals surface area contributed by atoms with Gasteiger partial charge >= 0.3 is 0 Å². The van der Waals surface area contributed by atoms with Crippen LogP contribution in [0.4, 0.5) is 0 Å². The molecule has 0 aliphatic carbocycles. The van der Waals surface area contributed by atoms with Crippen LogP contribution >= 0.6 is 0 Å². The Bertz CT molecular complexity index is 224. The molecule has 0 fully saturated rings. The third-order valence-electron chi connectivity index (χ3n) is 1.81. The van der Waals surface area contributed by atoms with Gasteiger partial charge in [0.05, 0.1) is 6.42 Å². The molecule has 14 heavy (non-hydrogen) atoms. The zero-order valence-electron chi connectivity index (χ0n) is 10.1. The third-order valence-corrected chi connectivity index (χ3v) is 1.81. The molecule has 0 spiro atoms. The predicted octanol–water partition coefficient (Wildman–Crippen LogP) is 2.13. The number of rotatable bonds is 2. The van der Waals surface area contributed by atoms with Crippen LogP contribution in [0.3, 0.4) is 0 Å². The summed E-state index contributed by atoms with van der Waals surface area (Å²) in [4.78, 5) is 17.1. The van der Waals surface area contributed by atoms with E-state index in [0.717, 1.165) is 12.3 Å². The molecule has 0 aromatic carbocycles. The minimum atomic E-state index is -0.147. The van der Waals surface area contributed by atoms with E-state index in [0.29, 0.717) is 0 Å². The Labute approximate surface area is 87.2 Å². The lowest BCUT2D eigenvalue weighted by Crippen LogP contribution is -2.20. The van der Waals surface area contributed by atoms with Gasteiger partial charge in [0.15, 0.2) is 0 Å². The lowest BCUT2D eigenvalue weighted by molar-refractivity contribution is -0.115. The Balaban J connectivity index is 4.06. The van der Waals surface area contributed by atoms with Crippen LogP contribution in [0, 0.1) is 11.8 Å². The molecule has 1 amide bonds. The number of aliphatic imine (C=N–C) groups is 1. The van der Waals surface area contributed by atoms with Gasteiger partial charge in [0.25, 0.3) is 5.91 Å². The maximum atomic E-state index is 11.3. The van der Waals surface area contributed by atoms with Gasteiger partial charge in [-0.15, -0.1) is 0 Å². The molecule has 1 radical (unpaired) electrons. The van der Waals surface area contributed by atoms with Crippen LogP contribution in [-0.2, 0) is 4.79 Å². The summed E-state index contributed by atoms with van der Waals surface area (Å²) in [5, 5.41) is 0. The summed E-state index contributed by atoms with van der Waals surface area (Å²) < 4.78 is 0. The molecule has 0 rings (SSSR count). The van der Waals surface area contributed by atoms with Gasteiger partial charge in [0, 0.05) is 14.1 Å². The molecule has 0 aliphatic heterocycles. The first kappa shape index (κ1) is 13.1. The minimum absolute atomic E-state index is 0.147. The van der Waals surface area contributed by atoms with Crippen LogP contribution in [-0.4, -0.2) is 30.7 Å². The van der Waals surface area contributed by atoms with Gasteiger partial charge in [-0.25, -0.2) is 4.99 Å². The van der Waals surface area contributed by atoms with E-state index in [1.54, 1.807) is 6.42 Å². The van der Waals surface area contributed by atoms with Crippen LogP contribution < -0.4 is 0 Å². The SMILES string of the molecule is CC(=NC(=O)[CH]CC(C)(C)C)N(C)C. The van der Waals surface area contributed by atoms with Crippen molar-refractivity contribution >= 4 is 11.7 Å². The van der Waals surface area contributed by atoms with Crippen LogP contribution in [0.5, 0.6) is 0 Å². The first-order chi connectivity index (χ1) is 6.22. The fourth-order valence-electron chi connectivity index (χ4n) is 0.699. The average molecular weight is 197 g/mol. The van der Waals surface area contributed by atoms with Crippen molar-refractivity contribution in [3.05, 3.63) is 6.42 Å². The topological polar surface area (TPSA) is 32.7 Å². The van der Waals surface area contributed by atoms with Crippen molar-refractivity contribution in [3.8, 4) is 0 Å². The van der Waals surface area contributed by atoms with E-state index in [-0.39, 0.29) is 11.3 Å². The molecule has 0 N–H and O–H groups in total. The number of carbonyl (C=O) groups excluding carboxylic acids is 1. The summed E-state index contributed by atoms with van der Waals surface area (Å²) in [6.45, 7) is 8.11. The molecular weight excluding hydrogens is 176 g/mol. The molecule has 0 aliphatic rings. The van der Waals surface area contributed by atoms with E-state index in [1.807, 2.05) is 25.9 Å². The molecule has 0 bridgehead atoms. The highest BCUT2D eigenvalue weighted by Gasteiger charge is 2.13. The van der Waals surface area contributed by atoms with Crippen molar-refractivity contribution in [3.63, 3.8) is 0 Å². The predicted molar refractivity (Wildman–Crippen MR) is 60.2 cm³/mol. The molecular formula is C11H21N2O. The van der Waals surface area contributed by atoms with Gasteiger partial charge in [-0.3, -0.25) is 4.79 Å². The van der Waals surface area contributed by atoms with Gasteiger partial charge in [-0.2, -0.15) is 0 Å². The summed E-state index contributed by atoms with van der Waals surface area (Å²) in [6, 6.07) is 0. The van der Waals surface area contributed by atoms with Gasteiger partial charge in [0.2, 0.25) is 0 Å². The Morgan fingerprint density at radius 2 is 1.86 bits per heavy atom. The zero-order valence-corrected chi connectivity index (χ0v) is 10.1. The van der Waals surface area contributed by atoms with Crippen molar-refractivity contribution in [1.82, 2.24) is 4.90 Å². The molecule has 0 unspecified atom stereocenters. The second-order valence-electron chi connectivity index (χ2n) is 4.86. The Morgan fingerprint density at radius 1 is 1.36 bits per heavy atom. The Morgan fingerprint density at radius 3 is 2.21 bits per heavy atom. The van der Waals surface area contributed by atoms with E-state index in [4.69, 9.17) is 0 Å². The van der Waals surface area contributed by atoms with E-state index < -0.39 is 0 Å². The number of hydrogen-bond donors (Lipinski definition) is 0. The smallest absolute Gasteiger partial charge is 0.251 e. The minimum Gasteiger partial charge on any atom is -0.366 e. The van der Waals surface area contributed by atoms with E-state index in [9.17, 15) is 4.79 Å². The molecule has 0 aromatic rings. The summed E-state index contributed by atoms with van der Waals surface area (Å²) in [7, 11) is 3.74. The number of amides is 1. The van der Waals surface area contributed by atoms with Crippen molar-refractivity contribution < 1.29 is 4.79 Å². The molecule has 0 atom stereocenters. The van der Waals surface area contributed by atoms with Crippen LogP contribution in [0.15, 0.2) is 4.99 Å². The fourth-order valence-corrected chi connectivity index (χ4v) is 0.699. The lowest BCUT2D eigenvalue weighted by atomic mass is 9.90. The Hall–Kier alpha value is -0.860. The first-order valence-corrected chi connectivity index (χ1v) is 4.82. The second kappa shape index (κ2) is 5.13. The summed E-state index contributed by atoms with van der Waals surface area (Å²) in [5.41, 5.74) is 0.150. The van der Waals surface area contributed by atoms with Gasteiger partial charge < -0.3 is 4.90 Å². The highest BCUT2D eigenvalue weighted by atomic mass is 16.1. The number of hydrogen-bond acceptors (Lipinski definition) is 1. The summed E-state index contributed by atoms with van der Waals surface area (Å²) in [5.74, 6) is 0.589. The first-order valence-electron chi connectivity index (χ1n) is 4.82. The van der Waals surface area contributed by atoms with Gasteiger partial charge in [-0.05, 0) is 18.8 Å². The highest BCUT2D eigenvalue weighted by Crippen LogP contribution is 2.19. The quantitative estimate of drug-likeness (QED) is 0.502. The molecule has 81 valence electrons. The Kier molecular flexibility index (Phi) is 4.81. The van der Waals surface area contributed by atoms with E-state index in [2.05, 4.69) is 25.8 Å². The summed E-state index contributed by atoms with van der Waals surface area (Å²) in [6.07, 6.45) is 2.41. The fraction of sp³-hybridized carbons (Fsp3) is 0.727. The van der Waals surface area contributed by atoms with Crippen molar-refractivity contribution in [1.29, 1.82) is 0 Å². The monoisotopic (exact) mass is 197 g/mol. The highest BCUT2D eigenvalue weighted by molar-refractivity contribution is 5.96. The number of nitrogens with zero attached hydrogens (tertiary/aromatic N) is 2. The molecule has 0 saturated carbocycles.